The molecule has 0 unspecified atom stereocenters. The van der Waals surface area contributed by atoms with Crippen molar-refractivity contribution in [3.05, 3.63) is 172 Å². The Morgan fingerprint density at radius 2 is 0.780 bits per heavy atom. The molecule has 0 aliphatic rings. The second-order valence-corrected chi connectivity index (χ2v) is 17.1. The van der Waals surface area contributed by atoms with Gasteiger partial charge in [-0.1, -0.05) is 158 Å². The average Bonchev–Trinajstić information content (AvgIpc) is 3.24. The van der Waals surface area contributed by atoms with Gasteiger partial charge in [0.15, 0.2) is 0 Å². The quantitative estimate of drug-likeness (QED) is 0.0651. The maximum Gasteiger partial charge on any atom is 0.127 e. The predicted molar refractivity (Wildman–Crippen MR) is 241 cm³/mol. The molecule has 0 bridgehead atoms. The van der Waals surface area contributed by atoms with Crippen LogP contribution < -0.4 is 14.2 Å². The molecule has 6 aromatic carbocycles. The highest BCUT2D eigenvalue weighted by Gasteiger charge is 2.39. The number of ether oxygens (including phenoxy) is 5. The summed E-state index contributed by atoms with van der Waals surface area (Å²) in [6.07, 6.45) is 0.989. The summed E-state index contributed by atoms with van der Waals surface area (Å²) in [5.74, 6) is 2.34. The fourth-order valence-corrected chi connectivity index (χ4v) is 7.64. The summed E-state index contributed by atoms with van der Waals surface area (Å²) >= 11 is 0. The van der Waals surface area contributed by atoms with Crippen molar-refractivity contribution in [2.24, 2.45) is 0 Å². The third-order valence-corrected chi connectivity index (χ3v) is 11.0. The summed E-state index contributed by atoms with van der Waals surface area (Å²) in [5, 5.41) is 10.9. The average molecular weight is 795 g/mol. The zero-order chi connectivity index (χ0) is 41.9. The van der Waals surface area contributed by atoms with E-state index < -0.39 is 5.41 Å². The molecule has 0 heterocycles. The number of aryl methyl sites for hydroxylation is 1. The Bertz CT molecular complexity index is 2140. The van der Waals surface area contributed by atoms with Crippen LogP contribution in [0.5, 0.6) is 17.2 Å². The first-order chi connectivity index (χ1) is 28.4. The Labute approximate surface area is 352 Å². The Morgan fingerprint density at radius 1 is 0.407 bits per heavy atom. The molecule has 6 aromatic rings. The summed E-state index contributed by atoms with van der Waals surface area (Å²) in [6.45, 7) is 18.6. The smallest absolute Gasteiger partial charge is 0.127 e. The van der Waals surface area contributed by atoms with Crippen LogP contribution in [0.25, 0.3) is 10.8 Å². The van der Waals surface area contributed by atoms with E-state index in [-0.39, 0.29) is 17.4 Å². The fourth-order valence-electron chi connectivity index (χ4n) is 7.64. The molecule has 0 spiro atoms. The van der Waals surface area contributed by atoms with Crippen molar-refractivity contribution in [1.82, 2.24) is 0 Å². The van der Waals surface area contributed by atoms with Gasteiger partial charge in [-0.25, -0.2) is 0 Å². The standard InChI is InChI=1S/C53H62O6/c1-8-39-15-17-42(18-16-39)53(43-23-19-40(20-24-43)51(2,3)4,44-25-21-41(22-26-44)52(5,6)7)45-27-29-46(30-28-45)57-36-33-56-35-38-59-50-14-10-11-47-48(50)12-9-13-49(47)58-37-34-55-32-31-54/h9-30,54H,8,31-38H2,1-7H3. The minimum Gasteiger partial charge on any atom is -0.491 e. The molecular weight excluding hydrogens is 733 g/mol. The molecular formula is C53H62O6. The van der Waals surface area contributed by atoms with E-state index in [2.05, 4.69) is 146 Å². The van der Waals surface area contributed by atoms with E-state index in [1.54, 1.807) is 0 Å². The first-order valence-electron chi connectivity index (χ1n) is 21.0. The van der Waals surface area contributed by atoms with Gasteiger partial charge in [-0.05, 0) is 80.5 Å². The Morgan fingerprint density at radius 3 is 1.19 bits per heavy atom. The maximum absolute atomic E-state index is 8.91. The molecule has 6 nitrogen and oxygen atoms in total. The van der Waals surface area contributed by atoms with Crippen LogP contribution in [0.4, 0.5) is 0 Å². The van der Waals surface area contributed by atoms with Crippen molar-refractivity contribution in [2.75, 3.05) is 52.9 Å². The first kappa shape index (κ1) is 43.4. The SMILES string of the molecule is CCc1ccc(C(c2ccc(OCCOCCOc3cccc4c(OCCOCCO)cccc34)cc2)(c2ccc(C(C)(C)C)cc2)c2ccc(C(C)(C)C)cc2)cc1. The summed E-state index contributed by atoms with van der Waals surface area (Å²) in [4.78, 5) is 0. The van der Waals surface area contributed by atoms with E-state index in [1.165, 1.54) is 38.9 Å². The van der Waals surface area contributed by atoms with E-state index in [0.29, 0.717) is 46.2 Å². The lowest BCUT2D eigenvalue weighted by atomic mass is 9.64. The van der Waals surface area contributed by atoms with Crippen molar-refractivity contribution in [3.63, 3.8) is 0 Å². The molecule has 0 aliphatic carbocycles. The summed E-state index contributed by atoms with van der Waals surface area (Å²) in [6, 6.07) is 48.1. The molecule has 0 radical (unpaired) electrons. The van der Waals surface area contributed by atoms with Gasteiger partial charge in [-0.2, -0.15) is 0 Å². The molecule has 0 aliphatic heterocycles. The molecule has 0 atom stereocenters. The van der Waals surface area contributed by atoms with Gasteiger partial charge in [-0.3, -0.25) is 0 Å². The van der Waals surface area contributed by atoms with Crippen LogP contribution in [0, 0.1) is 0 Å². The first-order valence-corrected chi connectivity index (χ1v) is 21.0. The van der Waals surface area contributed by atoms with Gasteiger partial charge in [-0.15, -0.1) is 0 Å². The third kappa shape index (κ3) is 10.5. The molecule has 1 N–H and O–H groups in total. The van der Waals surface area contributed by atoms with Crippen LogP contribution >= 0.6 is 0 Å². The topological polar surface area (TPSA) is 66.4 Å². The second-order valence-electron chi connectivity index (χ2n) is 17.1. The molecule has 0 saturated carbocycles. The largest absolute Gasteiger partial charge is 0.491 e. The highest BCUT2D eigenvalue weighted by molar-refractivity contribution is 5.93. The lowest BCUT2D eigenvalue weighted by Gasteiger charge is -2.38. The summed E-state index contributed by atoms with van der Waals surface area (Å²) in [7, 11) is 0. The number of aliphatic hydroxyl groups excluding tert-OH is 1. The predicted octanol–water partition coefficient (Wildman–Crippen LogP) is 11.2. The van der Waals surface area contributed by atoms with E-state index >= 15 is 0 Å². The van der Waals surface area contributed by atoms with Crippen molar-refractivity contribution < 1.29 is 28.8 Å². The molecule has 6 rings (SSSR count). The highest BCUT2D eigenvalue weighted by atomic mass is 16.5. The lowest BCUT2D eigenvalue weighted by Crippen LogP contribution is -2.31. The number of fused-ring (bicyclic) bond motifs is 1. The van der Waals surface area contributed by atoms with Crippen LogP contribution in [0.2, 0.25) is 0 Å². The van der Waals surface area contributed by atoms with E-state index in [4.69, 9.17) is 28.8 Å². The fraction of sp³-hybridized carbons (Fsp3) is 0.358. The summed E-state index contributed by atoms with van der Waals surface area (Å²) < 4.78 is 29.6. The third-order valence-electron chi connectivity index (χ3n) is 11.0. The second kappa shape index (κ2) is 19.7. The molecule has 59 heavy (non-hydrogen) atoms. The van der Waals surface area contributed by atoms with Gasteiger partial charge in [0, 0.05) is 10.8 Å². The molecule has 0 saturated heterocycles. The van der Waals surface area contributed by atoms with Crippen LogP contribution in [0.1, 0.15) is 87.4 Å². The van der Waals surface area contributed by atoms with Crippen molar-refractivity contribution in [2.45, 2.75) is 71.1 Å². The Balaban J connectivity index is 1.15. The molecule has 0 amide bonds. The molecule has 0 aromatic heterocycles. The van der Waals surface area contributed by atoms with Crippen LogP contribution in [0.15, 0.2) is 133 Å². The van der Waals surface area contributed by atoms with Crippen LogP contribution in [-0.2, 0) is 32.1 Å². The minimum atomic E-state index is -0.561. The lowest BCUT2D eigenvalue weighted by molar-refractivity contribution is 0.0708. The monoisotopic (exact) mass is 794 g/mol. The number of aliphatic hydroxyl groups is 1. The highest BCUT2D eigenvalue weighted by Crippen LogP contribution is 2.46. The molecule has 6 heteroatoms. The van der Waals surface area contributed by atoms with Gasteiger partial charge in [0.25, 0.3) is 0 Å². The van der Waals surface area contributed by atoms with Gasteiger partial charge in [0.2, 0.25) is 0 Å². The zero-order valence-electron chi connectivity index (χ0n) is 36.1. The Hall–Kier alpha value is -5.14. The van der Waals surface area contributed by atoms with E-state index in [0.717, 1.165) is 34.4 Å². The summed E-state index contributed by atoms with van der Waals surface area (Å²) in [5.41, 5.74) is 8.31. The van der Waals surface area contributed by atoms with Crippen molar-refractivity contribution >= 4 is 10.8 Å². The normalized spacial score (nSPS) is 12.1. The minimum absolute atomic E-state index is 0.00157. The van der Waals surface area contributed by atoms with Crippen LogP contribution in [-0.4, -0.2) is 58.0 Å². The van der Waals surface area contributed by atoms with E-state index in [1.807, 2.05) is 36.4 Å². The number of hydrogen-bond acceptors (Lipinski definition) is 6. The zero-order valence-corrected chi connectivity index (χ0v) is 36.1. The number of rotatable bonds is 19. The maximum atomic E-state index is 8.91. The van der Waals surface area contributed by atoms with Gasteiger partial charge in [0.05, 0.1) is 38.4 Å². The molecule has 0 fully saturated rings. The van der Waals surface area contributed by atoms with Crippen molar-refractivity contribution in [3.8, 4) is 17.2 Å². The van der Waals surface area contributed by atoms with Gasteiger partial charge < -0.3 is 28.8 Å². The van der Waals surface area contributed by atoms with Crippen LogP contribution in [0.3, 0.4) is 0 Å². The van der Waals surface area contributed by atoms with Gasteiger partial charge in [0.1, 0.15) is 37.1 Å². The van der Waals surface area contributed by atoms with E-state index in [9.17, 15) is 0 Å². The molecule has 310 valence electrons. The number of hydrogen-bond donors (Lipinski definition) is 1. The van der Waals surface area contributed by atoms with Crippen molar-refractivity contribution in [1.29, 1.82) is 0 Å². The number of benzene rings is 6. The Kier molecular flexibility index (Phi) is 14.5. The van der Waals surface area contributed by atoms with Gasteiger partial charge >= 0.3 is 0 Å².